The molecule has 2 heterocycles. The van der Waals surface area contributed by atoms with Crippen molar-refractivity contribution in [2.24, 2.45) is 0 Å². The smallest absolute Gasteiger partial charge is 0.323 e. The first-order valence-electron chi connectivity index (χ1n) is 8.99. The monoisotopic (exact) mass is 387 g/mol. The summed E-state index contributed by atoms with van der Waals surface area (Å²) in [6.07, 6.45) is 0. The molecule has 150 valence electrons. The van der Waals surface area contributed by atoms with Crippen LogP contribution in [0.4, 0.5) is 5.69 Å². The summed E-state index contributed by atoms with van der Waals surface area (Å²) in [5.74, 6) is 1.40. The number of methoxy groups -OCH3 is 1. The Morgan fingerprint density at radius 3 is 2.43 bits per heavy atom. The fraction of sp³-hybridized carbons (Fsp3) is 0.400. The number of hydrogen-bond donors (Lipinski definition) is 3. The molecular weight excluding hydrogens is 362 g/mol. The van der Waals surface area contributed by atoms with Crippen LogP contribution in [0.2, 0.25) is 0 Å². The molecule has 3 rings (SSSR count). The zero-order chi connectivity index (χ0) is 20.5. The molecule has 2 aromatic heterocycles. The van der Waals surface area contributed by atoms with Crippen LogP contribution in [0.3, 0.4) is 0 Å². The lowest BCUT2D eigenvalue weighted by Crippen LogP contribution is -2.14. The van der Waals surface area contributed by atoms with E-state index in [1.54, 1.807) is 32.2 Å². The quantitative estimate of drug-likeness (QED) is 0.562. The van der Waals surface area contributed by atoms with Crippen molar-refractivity contribution in [1.82, 2.24) is 9.97 Å². The molecule has 8 heteroatoms. The molecule has 8 nitrogen and oxygen atoms in total. The largest absolute Gasteiger partial charge is 0.489 e. The van der Waals surface area contributed by atoms with Gasteiger partial charge in [-0.15, -0.1) is 0 Å². The van der Waals surface area contributed by atoms with Gasteiger partial charge >= 0.3 is 5.69 Å². The fourth-order valence-corrected chi connectivity index (χ4v) is 2.78. The molecule has 3 N–H and O–H groups in total. The molecule has 0 unspecified atom stereocenters. The van der Waals surface area contributed by atoms with Crippen molar-refractivity contribution < 1.29 is 18.7 Å². The first-order valence-corrected chi connectivity index (χ1v) is 8.99. The minimum atomic E-state index is -0.332. The maximum absolute atomic E-state index is 12.9. The molecule has 0 saturated heterocycles. The van der Waals surface area contributed by atoms with Gasteiger partial charge in [-0.25, -0.2) is 4.79 Å². The number of benzene rings is 1. The first kappa shape index (κ1) is 19.8. The van der Waals surface area contributed by atoms with E-state index in [1.165, 1.54) is 0 Å². The van der Waals surface area contributed by atoms with Gasteiger partial charge in [0.2, 0.25) is 0 Å². The number of furan rings is 1. The Morgan fingerprint density at radius 2 is 1.82 bits per heavy atom. The SMILES string of the molecule is COCCOc1cc2[nH]c(=O)[nH]c2cc1NC(=O)c1cc(C(C)(C)C)oc1C. The van der Waals surface area contributed by atoms with Gasteiger partial charge in [-0.2, -0.15) is 0 Å². The summed E-state index contributed by atoms with van der Waals surface area (Å²) in [7, 11) is 1.58. The number of carbonyl (C=O) groups is 1. The molecular formula is C20H25N3O5. The van der Waals surface area contributed by atoms with Crippen LogP contribution < -0.4 is 15.7 Å². The van der Waals surface area contributed by atoms with Crippen molar-refractivity contribution in [3.05, 3.63) is 45.8 Å². The Kier molecular flexibility index (Phi) is 5.33. The number of hydrogen-bond acceptors (Lipinski definition) is 5. The summed E-state index contributed by atoms with van der Waals surface area (Å²) in [6, 6.07) is 5.08. The molecule has 1 amide bonds. The number of fused-ring (bicyclic) bond motifs is 1. The lowest BCUT2D eigenvalue weighted by molar-refractivity contribution is 0.102. The van der Waals surface area contributed by atoms with E-state index in [9.17, 15) is 9.59 Å². The number of ether oxygens (including phenoxy) is 2. The van der Waals surface area contributed by atoms with Crippen LogP contribution in [-0.4, -0.2) is 36.2 Å². The lowest BCUT2D eigenvalue weighted by Gasteiger charge is -2.13. The van der Waals surface area contributed by atoms with Crippen LogP contribution in [-0.2, 0) is 10.2 Å². The highest BCUT2D eigenvalue weighted by atomic mass is 16.5. The molecule has 3 aromatic rings. The predicted molar refractivity (Wildman–Crippen MR) is 106 cm³/mol. The number of nitrogens with one attached hydrogen (secondary N) is 3. The maximum atomic E-state index is 12.9. The Morgan fingerprint density at radius 1 is 1.14 bits per heavy atom. The number of H-pyrrole nitrogens is 2. The van der Waals surface area contributed by atoms with Gasteiger partial charge in [0.25, 0.3) is 5.91 Å². The van der Waals surface area contributed by atoms with Crippen LogP contribution >= 0.6 is 0 Å². The third-order valence-electron chi connectivity index (χ3n) is 4.31. The van der Waals surface area contributed by atoms with E-state index in [0.29, 0.717) is 47.0 Å². The van der Waals surface area contributed by atoms with E-state index in [0.717, 1.165) is 5.76 Å². The Labute approximate surface area is 162 Å². The van der Waals surface area contributed by atoms with E-state index in [4.69, 9.17) is 13.9 Å². The Balaban J connectivity index is 1.93. The van der Waals surface area contributed by atoms with Crippen LogP contribution in [0.25, 0.3) is 11.0 Å². The molecule has 0 spiro atoms. The van der Waals surface area contributed by atoms with Crippen LogP contribution in [0.15, 0.2) is 27.4 Å². The van der Waals surface area contributed by atoms with Crippen molar-refractivity contribution >= 4 is 22.6 Å². The predicted octanol–water partition coefficient (Wildman–Crippen LogP) is 3.33. The number of aromatic nitrogens is 2. The highest BCUT2D eigenvalue weighted by molar-refractivity contribution is 6.06. The summed E-state index contributed by atoms with van der Waals surface area (Å²) >= 11 is 0. The van der Waals surface area contributed by atoms with Gasteiger partial charge < -0.3 is 29.2 Å². The molecule has 0 bridgehead atoms. The number of rotatable bonds is 6. The van der Waals surface area contributed by atoms with Gasteiger partial charge in [-0.3, -0.25) is 4.79 Å². The van der Waals surface area contributed by atoms with E-state index >= 15 is 0 Å². The topological polar surface area (TPSA) is 109 Å². The standard InChI is InChI=1S/C20H25N3O5/c1-11-12(8-17(28-11)20(2,3)4)18(24)21-15-9-13-14(23-19(25)22-13)10-16(15)27-7-6-26-5/h8-10H,6-7H2,1-5H3,(H,21,24)(H2,22,23,25). The van der Waals surface area contributed by atoms with E-state index < -0.39 is 0 Å². The minimum Gasteiger partial charge on any atom is -0.489 e. The summed E-state index contributed by atoms with van der Waals surface area (Å²) in [4.78, 5) is 29.8. The molecule has 0 aliphatic carbocycles. The zero-order valence-electron chi connectivity index (χ0n) is 16.7. The number of carbonyl (C=O) groups excluding carboxylic acids is 1. The molecule has 0 atom stereocenters. The molecule has 0 saturated carbocycles. The molecule has 28 heavy (non-hydrogen) atoms. The number of amides is 1. The van der Waals surface area contributed by atoms with Crippen molar-refractivity contribution in [3.8, 4) is 5.75 Å². The number of aromatic amines is 2. The van der Waals surface area contributed by atoms with Crippen molar-refractivity contribution in [2.75, 3.05) is 25.6 Å². The second-order valence-electron chi connectivity index (χ2n) is 7.60. The number of imidazole rings is 1. The first-order chi connectivity index (χ1) is 13.2. The average Bonchev–Trinajstić information content (AvgIpc) is 3.16. The average molecular weight is 387 g/mol. The van der Waals surface area contributed by atoms with Crippen molar-refractivity contribution in [3.63, 3.8) is 0 Å². The van der Waals surface area contributed by atoms with Crippen LogP contribution in [0, 0.1) is 6.92 Å². The third kappa shape index (κ3) is 4.12. The highest BCUT2D eigenvalue weighted by Gasteiger charge is 2.24. The number of anilines is 1. The third-order valence-corrected chi connectivity index (χ3v) is 4.31. The highest BCUT2D eigenvalue weighted by Crippen LogP contribution is 2.31. The molecule has 1 aromatic carbocycles. The van der Waals surface area contributed by atoms with E-state index in [-0.39, 0.29) is 17.0 Å². The van der Waals surface area contributed by atoms with Gasteiger partial charge in [0.15, 0.2) is 0 Å². The summed E-state index contributed by atoms with van der Waals surface area (Å²) < 4.78 is 16.5. The fourth-order valence-electron chi connectivity index (χ4n) is 2.78. The van der Waals surface area contributed by atoms with Crippen molar-refractivity contribution in [2.45, 2.75) is 33.1 Å². The summed E-state index contributed by atoms with van der Waals surface area (Å²) in [6.45, 7) is 8.51. The molecule has 0 fully saturated rings. The van der Waals surface area contributed by atoms with E-state index in [2.05, 4.69) is 15.3 Å². The Hall–Kier alpha value is -3.00. The maximum Gasteiger partial charge on any atom is 0.323 e. The number of aryl methyl sites for hydroxylation is 1. The van der Waals surface area contributed by atoms with Crippen LogP contribution in [0.5, 0.6) is 5.75 Å². The zero-order valence-corrected chi connectivity index (χ0v) is 16.7. The van der Waals surface area contributed by atoms with Gasteiger partial charge in [-0.1, -0.05) is 20.8 Å². The summed E-state index contributed by atoms with van der Waals surface area (Å²) in [5, 5.41) is 2.86. The second kappa shape index (κ2) is 7.55. The van der Waals surface area contributed by atoms with Gasteiger partial charge in [0.1, 0.15) is 23.9 Å². The summed E-state index contributed by atoms with van der Waals surface area (Å²) in [5.41, 5.74) is 1.52. The molecule has 0 aliphatic heterocycles. The normalized spacial score (nSPS) is 11.8. The molecule has 0 radical (unpaired) electrons. The minimum absolute atomic E-state index is 0.207. The van der Waals surface area contributed by atoms with E-state index in [1.807, 2.05) is 20.8 Å². The second-order valence-corrected chi connectivity index (χ2v) is 7.60. The molecule has 0 aliphatic rings. The van der Waals surface area contributed by atoms with Gasteiger partial charge in [0, 0.05) is 18.6 Å². The van der Waals surface area contributed by atoms with Crippen molar-refractivity contribution in [1.29, 1.82) is 0 Å². The van der Waals surface area contributed by atoms with Gasteiger partial charge in [-0.05, 0) is 19.1 Å². The van der Waals surface area contributed by atoms with Crippen LogP contribution in [0.1, 0.15) is 42.6 Å². The van der Waals surface area contributed by atoms with Gasteiger partial charge in [0.05, 0.1) is 28.9 Å². The Bertz CT molecular complexity index is 1050. The lowest BCUT2D eigenvalue weighted by atomic mass is 9.93.